The molecular weight excluding hydrogens is 321 g/mol. The molecule has 1 aromatic carbocycles. The van der Waals surface area contributed by atoms with Crippen molar-refractivity contribution in [3.63, 3.8) is 0 Å². The van der Waals surface area contributed by atoms with E-state index in [1.54, 1.807) is 6.07 Å². The Kier molecular flexibility index (Phi) is 6.04. The normalized spacial score (nSPS) is 17.6. The predicted octanol–water partition coefficient (Wildman–Crippen LogP) is 3.20. The van der Waals surface area contributed by atoms with Gasteiger partial charge in [-0.05, 0) is 56.5 Å². The standard InChI is InChI=1S/C19H26FN3O2/c1-14-9-16(20)7-6-15(14)13-25-19-10-17(11-21-2)22-23(19)12-18-5-3-4-8-24-18/h6-7,9-10,18,21H,3-5,8,11-13H2,1-2H3. The van der Waals surface area contributed by atoms with E-state index >= 15 is 0 Å². The lowest BCUT2D eigenvalue weighted by atomic mass is 10.1. The summed E-state index contributed by atoms with van der Waals surface area (Å²) >= 11 is 0. The highest BCUT2D eigenvalue weighted by molar-refractivity contribution is 5.26. The Morgan fingerprint density at radius 3 is 2.96 bits per heavy atom. The molecule has 6 heteroatoms. The number of nitrogens with zero attached hydrogens (tertiary/aromatic N) is 2. The fourth-order valence-corrected chi connectivity index (χ4v) is 3.08. The number of hydrogen-bond donors (Lipinski definition) is 1. The Balaban J connectivity index is 1.71. The second-order valence-electron chi connectivity index (χ2n) is 6.53. The molecule has 1 fully saturated rings. The van der Waals surface area contributed by atoms with Gasteiger partial charge in [-0.25, -0.2) is 9.07 Å². The molecule has 3 rings (SSSR count). The molecule has 2 aromatic rings. The summed E-state index contributed by atoms with van der Waals surface area (Å²) in [4.78, 5) is 0. The van der Waals surface area contributed by atoms with Crippen LogP contribution in [0, 0.1) is 12.7 Å². The van der Waals surface area contributed by atoms with Crippen molar-refractivity contribution in [1.82, 2.24) is 15.1 Å². The van der Waals surface area contributed by atoms with Gasteiger partial charge >= 0.3 is 0 Å². The molecule has 1 aliphatic heterocycles. The zero-order valence-electron chi connectivity index (χ0n) is 14.9. The van der Waals surface area contributed by atoms with Crippen molar-refractivity contribution >= 4 is 0 Å². The zero-order valence-corrected chi connectivity index (χ0v) is 14.9. The number of benzene rings is 1. The van der Waals surface area contributed by atoms with E-state index < -0.39 is 0 Å². The Morgan fingerprint density at radius 2 is 2.24 bits per heavy atom. The van der Waals surface area contributed by atoms with Crippen molar-refractivity contribution in [2.45, 2.75) is 52.0 Å². The Bertz CT molecular complexity index is 696. The van der Waals surface area contributed by atoms with Crippen LogP contribution in [0.4, 0.5) is 4.39 Å². The first kappa shape index (κ1) is 17.9. The summed E-state index contributed by atoms with van der Waals surface area (Å²) in [5, 5.41) is 7.75. The molecule has 0 saturated carbocycles. The van der Waals surface area contributed by atoms with E-state index in [-0.39, 0.29) is 11.9 Å². The summed E-state index contributed by atoms with van der Waals surface area (Å²) in [6, 6.07) is 6.71. The van der Waals surface area contributed by atoms with E-state index in [2.05, 4.69) is 10.4 Å². The Hall–Kier alpha value is -1.92. The van der Waals surface area contributed by atoms with E-state index in [1.165, 1.54) is 18.6 Å². The minimum Gasteiger partial charge on any atom is -0.473 e. The SMILES string of the molecule is CNCc1cc(OCc2ccc(F)cc2C)n(CC2CCCCO2)n1. The summed E-state index contributed by atoms with van der Waals surface area (Å²) in [7, 11) is 1.89. The number of aryl methyl sites for hydroxylation is 1. The second kappa shape index (κ2) is 8.45. The van der Waals surface area contributed by atoms with Crippen molar-refractivity contribution in [3.05, 3.63) is 46.9 Å². The van der Waals surface area contributed by atoms with Gasteiger partial charge < -0.3 is 14.8 Å². The maximum atomic E-state index is 13.2. The lowest BCUT2D eigenvalue weighted by Crippen LogP contribution is -2.25. The van der Waals surface area contributed by atoms with Crippen molar-refractivity contribution in [1.29, 1.82) is 0 Å². The molecule has 0 bridgehead atoms. The van der Waals surface area contributed by atoms with Crippen LogP contribution in [0.1, 0.15) is 36.1 Å². The average Bonchev–Trinajstić information content (AvgIpc) is 2.97. The van der Waals surface area contributed by atoms with E-state index in [4.69, 9.17) is 9.47 Å². The maximum absolute atomic E-state index is 13.2. The molecule has 1 aliphatic rings. The molecule has 2 heterocycles. The molecule has 0 amide bonds. The number of aromatic nitrogens is 2. The van der Waals surface area contributed by atoms with Crippen LogP contribution in [0.2, 0.25) is 0 Å². The Morgan fingerprint density at radius 1 is 1.36 bits per heavy atom. The van der Waals surface area contributed by atoms with Gasteiger partial charge in [-0.1, -0.05) is 6.07 Å². The third kappa shape index (κ3) is 4.80. The molecule has 1 N–H and O–H groups in total. The number of ether oxygens (including phenoxy) is 2. The fraction of sp³-hybridized carbons (Fsp3) is 0.526. The lowest BCUT2D eigenvalue weighted by molar-refractivity contribution is 0.00230. The summed E-state index contributed by atoms with van der Waals surface area (Å²) in [6.45, 7) is 4.48. The molecule has 1 atom stereocenters. The largest absolute Gasteiger partial charge is 0.473 e. The van der Waals surface area contributed by atoms with Gasteiger partial charge in [-0.2, -0.15) is 5.10 Å². The second-order valence-corrected chi connectivity index (χ2v) is 6.53. The first-order chi connectivity index (χ1) is 12.2. The van der Waals surface area contributed by atoms with Crippen LogP contribution in [0.3, 0.4) is 0 Å². The van der Waals surface area contributed by atoms with Crippen LogP contribution in [-0.4, -0.2) is 29.5 Å². The van der Waals surface area contributed by atoms with Gasteiger partial charge in [0.15, 0.2) is 0 Å². The number of halogens is 1. The molecule has 1 saturated heterocycles. The van der Waals surface area contributed by atoms with E-state index in [9.17, 15) is 4.39 Å². The summed E-state index contributed by atoms with van der Waals surface area (Å²) in [6.07, 6.45) is 3.57. The van der Waals surface area contributed by atoms with Crippen molar-refractivity contribution in [2.24, 2.45) is 0 Å². The first-order valence-electron chi connectivity index (χ1n) is 8.86. The highest BCUT2D eigenvalue weighted by Gasteiger charge is 2.18. The predicted molar refractivity (Wildman–Crippen MR) is 94.1 cm³/mol. The van der Waals surface area contributed by atoms with E-state index in [0.29, 0.717) is 19.7 Å². The van der Waals surface area contributed by atoms with Gasteiger partial charge in [0.25, 0.3) is 0 Å². The minimum atomic E-state index is -0.225. The van der Waals surface area contributed by atoms with Crippen LogP contribution in [0.15, 0.2) is 24.3 Å². The first-order valence-corrected chi connectivity index (χ1v) is 8.86. The monoisotopic (exact) mass is 347 g/mol. The van der Waals surface area contributed by atoms with Crippen molar-refractivity contribution in [3.8, 4) is 5.88 Å². The highest BCUT2D eigenvalue weighted by Crippen LogP contribution is 2.21. The molecule has 136 valence electrons. The third-order valence-corrected chi connectivity index (χ3v) is 4.48. The number of nitrogens with one attached hydrogen (secondary N) is 1. The van der Waals surface area contributed by atoms with Gasteiger partial charge in [0, 0.05) is 19.2 Å². The quantitative estimate of drug-likeness (QED) is 0.836. The molecule has 25 heavy (non-hydrogen) atoms. The topological polar surface area (TPSA) is 48.3 Å². The maximum Gasteiger partial charge on any atom is 0.212 e. The molecule has 0 aliphatic carbocycles. The van der Waals surface area contributed by atoms with Crippen LogP contribution >= 0.6 is 0 Å². The molecule has 0 spiro atoms. The van der Waals surface area contributed by atoms with Crippen LogP contribution in [0.5, 0.6) is 5.88 Å². The molecule has 1 unspecified atom stereocenters. The summed E-state index contributed by atoms with van der Waals surface area (Å²) in [5.74, 6) is 0.500. The van der Waals surface area contributed by atoms with Crippen LogP contribution in [-0.2, 0) is 24.4 Å². The molecule has 1 aromatic heterocycles. The van der Waals surface area contributed by atoms with Gasteiger partial charge in [-0.3, -0.25) is 0 Å². The lowest BCUT2D eigenvalue weighted by Gasteiger charge is -2.23. The van der Waals surface area contributed by atoms with Crippen molar-refractivity contribution < 1.29 is 13.9 Å². The fourth-order valence-electron chi connectivity index (χ4n) is 3.08. The van der Waals surface area contributed by atoms with Gasteiger partial charge in [0.1, 0.15) is 12.4 Å². The number of hydrogen-bond acceptors (Lipinski definition) is 4. The molecule has 5 nitrogen and oxygen atoms in total. The average molecular weight is 347 g/mol. The van der Waals surface area contributed by atoms with Gasteiger partial charge in [0.05, 0.1) is 18.3 Å². The molecular formula is C19H26FN3O2. The van der Waals surface area contributed by atoms with E-state index in [1.807, 2.05) is 24.7 Å². The summed E-state index contributed by atoms with van der Waals surface area (Å²) in [5.41, 5.74) is 2.79. The highest BCUT2D eigenvalue weighted by atomic mass is 19.1. The Labute approximate surface area is 148 Å². The minimum absolute atomic E-state index is 0.186. The van der Waals surface area contributed by atoms with E-state index in [0.717, 1.165) is 42.1 Å². The molecule has 0 radical (unpaired) electrons. The third-order valence-electron chi connectivity index (χ3n) is 4.48. The van der Waals surface area contributed by atoms with Crippen LogP contribution in [0.25, 0.3) is 0 Å². The van der Waals surface area contributed by atoms with Crippen LogP contribution < -0.4 is 10.1 Å². The summed E-state index contributed by atoms with van der Waals surface area (Å²) < 4.78 is 27.0. The zero-order chi connectivity index (χ0) is 17.6. The van der Waals surface area contributed by atoms with Gasteiger partial charge in [0.2, 0.25) is 5.88 Å². The van der Waals surface area contributed by atoms with Gasteiger partial charge in [-0.15, -0.1) is 0 Å². The number of rotatable bonds is 7. The van der Waals surface area contributed by atoms with Crippen molar-refractivity contribution in [2.75, 3.05) is 13.7 Å². The smallest absolute Gasteiger partial charge is 0.212 e.